The number of ether oxygens (including phenoxy) is 2. The van der Waals surface area contributed by atoms with Gasteiger partial charge in [0.05, 0.1) is 14.2 Å². The van der Waals surface area contributed by atoms with E-state index < -0.39 is 11.9 Å². The van der Waals surface area contributed by atoms with Gasteiger partial charge in [-0.2, -0.15) is 0 Å². The molecule has 0 aliphatic heterocycles. The van der Waals surface area contributed by atoms with Crippen molar-refractivity contribution in [2.75, 3.05) is 14.2 Å². The molecule has 0 aromatic carbocycles. The summed E-state index contributed by atoms with van der Waals surface area (Å²) >= 11 is 0. The molecule has 0 saturated heterocycles. The molecule has 0 radical (unpaired) electrons. The molecule has 184 valence electrons. The highest BCUT2D eigenvalue weighted by Crippen LogP contribution is 2.13. The molecular weight excluding hydrogens is 392 g/mol. The number of carbonyl (C=O) groups excluding carboxylic acids is 1. The van der Waals surface area contributed by atoms with Crippen molar-refractivity contribution >= 4 is 11.9 Å². The number of unbranched alkanes of at least 4 members (excludes halogenated alkanes) is 15. The van der Waals surface area contributed by atoms with Crippen molar-refractivity contribution in [3.05, 3.63) is 25.0 Å². The lowest BCUT2D eigenvalue weighted by molar-refractivity contribution is -0.136. The zero-order valence-corrected chi connectivity index (χ0v) is 20.9. The lowest BCUT2D eigenvalue weighted by Gasteiger charge is -2.03. The van der Waals surface area contributed by atoms with Gasteiger partial charge in [0.1, 0.15) is 0 Å². The summed E-state index contributed by atoms with van der Waals surface area (Å²) in [5.41, 5.74) is 0. The van der Waals surface area contributed by atoms with Gasteiger partial charge in [-0.25, -0.2) is 9.59 Å². The number of esters is 1. The van der Waals surface area contributed by atoms with E-state index >= 15 is 0 Å². The Morgan fingerprint density at radius 2 is 0.968 bits per heavy atom. The fourth-order valence-electron chi connectivity index (χ4n) is 2.79. The smallest absolute Gasteiger partial charge is 0.370 e. The molecular formula is C26H50O5. The average molecular weight is 443 g/mol. The number of methoxy groups -OCH3 is 2. The molecule has 1 N–H and O–H groups in total. The van der Waals surface area contributed by atoms with Crippen molar-refractivity contribution in [2.45, 2.75) is 117 Å². The van der Waals surface area contributed by atoms with Gasteiger partial charge in [0.25, 0.3) is 0 Å². The van der Waals surface area contributed by atoms with E-state index in [-0.39, 0.29) is 5.76 Å². The highest BCUT2D eigenvalue weighted by atomic mass is 16.5. The minimum atomic E-state index is -1.12. The van der Waals surface area contributed by atoms with E-state index in [1.165, 1.54) is 117 Å². The molecule has 0 atom stereocenters. The van der Waals surface area contributed by atoms with E-state index in [0.717, 1.165) is 6.08 Å². The van der Waals surface area contributed by atoms with Gasteiger partial charge >= 0.3 is 11.9 Å². The third-order valence-corrected chi connectivity index (χ3v) is 4.81. The highest BCUT2D eigenvalue weighted by molar-refractivity contribution is 5.83. The predicted octanol–water partition coefficient (Wildman–Crippen LogP) is 7.84. The SMILES string of the molecule is C=C(OC)C(=O)O.C=CC(=O)OC.CCCCCCCCCCCCCCCCCC. The molecule has 0 aromatic heterocycles. The summed E-state index contributed by atoms with van der Waals surface area (Å²) in [6.45, 7) is 10.8. The summed E-state index contributed by atoms with van der Waals surface area (Å²) in [6.07, 6.45) is 24.5. The summed E-state index contributed by atoms with van der Waals surface area (Å²) in [7, 11) is 2.57. The van der Waals surface area contributed by atoms with Gasteiger partial charge in [0.15, 0.2) is 5.76 Å². The van der Waals surface area contributed by atoms with Crippen LogP contribution < -0.4 is 0 Å². The second-order valence-electron chi connectivity index (χ2n) is 7.61. The van der Waals surface area contributed by atoms with Gasteiger partial charge in [-0.05, 0) is 6.58 Å². The number of carboxylic acids is 1. The van der Waals surface area contributed by atoms with Crippen molar-refractivity contribution < 1.29 is 24.2 Å². The topological polar surface area (TPSA) is 72.8 Å². The first kappa shape index (κ1) is 33.8. The quantitative estimate of drug-likeness (QED) is 0.101. The Kier molecular flexibility index (Phi) is 33.2. The molecule has 0 aliphatic carbocycles. The third kappa shape index (κ3) is 36.0. The molecule has 0 bridgehead atoms. The maximum absolute atomic E-state index is 9.84. The standard InChI is InChI=1S/C18H38.C4H6O3.C4H6O2/c1-3-5-7-9-11-13-15-17-18-16-14-12-10-8-6-4-2;1-3(7-2)4(5)6;1-3-4(5)6-2/h3-18H2,1-2H3;1H2,2H3,(H,5,6);3H,1H2,2H3. The molecule has 0 heterocycles. The zero-order valence-electron chi connectivity index (χ0n) is 20.9. The monoisotopic (exact) mass is 442 g/mol. The van der Waals surface area contributed by atoms with E-state index in [0.29, 0.717) is 0 Å². The third-order valence-electron chi connectivity index (χ3n) is 4.81. The largest absolute Gasteiger partial charge is 0.490 e. The van der Waals surface area contributed by atoms with E-state index in [2.05, 4.69) is 36.5 Å². The Labute approximate surface area is 192 Å². The fraction of sp³-hybridized carbons (Fsp3) is 0.769. The van der Waals surface area contributed by atoms with E-state index in [1.807, 2.05) is 0 Å². The van der Waals surface area contributed by atoms with Crippen molar-refractivity contribution in [2.24, 2.45) is 0 Å². The van der Waals surface area contributed by atoms with Gasteiger partial charge < -0.3 is 14.6 Å². The van der Waals surface area contributed by atoms with Crippen LogP contribution in [0.15, 0.2) is 25.0 Å². The zero-order chi connectivity index (χ0) is 24.2. The summed E-state index contributed by atoms with van der Waals surface area (Å²) < 4.78 is 8.36. The van der Waals surface area contributed by atoms with Gasteiger partial charge in [0, 0.05) is 6.08 Å². The molecule has 31 heavy (non-hydrogen) atoms. The molecule has 0 saturated carbocycles. The second kappa shape index (κ2) is 30.4. The maximum atomic E-state index is 9.84. The van der Waals surface area contributed by atoms with Crippen LogP contribution in [-0.4, -0.2) is 31.3 Å². The Hall–Kier alpha value is -1.78. The van der Waals surface area contributed by atoms with Crippen LogP contribution in [0, 0.1) is 0 Å². The first-order valence-electron chi connectivity index (χ1n) is 12.1. The Morgan fingerprint density at radius 3 is 1.06 bits per heavy atom. The molecule has 0 spiro atoms. The first-order chi connectivity index (χ1) is 14.9. The summed E-state index contributed by atoms with van der Waals surface area (Å²) in [5, 5.41) is 7.96. The van der Waals surface area contributed by atoms with Crippen molar-refractivity contribution in [1.82, 2.24) is 0 Å². The van der Waals surface area contributed by atoms with Crippen molar-refractivity contribution in [3.8, 4) is 0 Å². The molecule has 0 rings (SSSR count). The van der Waals surface area contributed by atoms with Crippen molar-refractivity contribution in [1.29, 1.82) is 0 Å². The second-order valence-corrected chi connectivity index (χ2v) is 7.61. The number of carbonyl (C=O) groups is 2. The Morgan fingerprint density at radius 1 is 0.677 bits per heavy atom. The first-order valence-corrected chi connectivity index (χ1v) is 12.1. The molecule has 0 aliphatic rings. The van der Waals surface area contributed by atoms with Gasteiger partial charge in [-0.15, -0.1) is 0 Å². The van der Waals surface area contributed by atoms with Crippen LogP contribution in [-0.2, 0) is 19.1 Å². The summed E-state index contributed by atoms with van der Waals surface area (Å²) in [6, 6.07) is 0. The van der Waals surface area contributed by atoms with E-state index in [9.17, 15) is 9.59 Å². The van der Waals surface area contributed by atoms with Crippen LogP contribution >= 0.6 is 0 Å². The van der Waals surface area contributed by atoms with Crippen LogP contribution in [0.25, 0.3) is 0 Å². The molecule has 0 unspecified atom stereocenters. The van der Waals surface area contributed by atoms with Crippen LogP contribution in [0.1, 0.15) is 117 Å². The molecule has 0 fully saturated rings. The molecule has 5 nitrogen and oxygen atoms in total. The van der Waals surface area contributed by atoms with Crippen LogP contribution in [0.4, 0.5) is 0 Å². The van der Waals surface area contributed by atoms with E-state index in [4.69, 9.17) is 5.11 Å². The average Bonchev–Trinajstić information content (AvgIpc) is 2.78. The molecule has 0 amide bonds. The summed E-state index contributed by atoms with van der Waals surface area (Å²) in [5.74, 6) is -1.75. The number of carboxylic acid groups (broad SMARTS) is 1. The van der Waals surface area contributed by atoms with E-state index in [1.54, 1.807) is 0 Å². The molecule has 0 aromatic rings. The van der Waals surface area contributed by atoms with Crippen molar-refractivity contribution in [3.63, 3.8) is 0 Å². The van der Waals surface area contributed by atoms with Crippen LogP contribution in [0.5, 0.6) is 0 Å². The van der Waals surface area contributed by atoms with Gasteiger partial charge in [-0.1, -0.05) is 123 Å². The number of aliphatic carboxylic acids is 1. The Bertz CT molecular complexity index is 402. The van der Waals surface area contributed by atoms with Crippen LogP contribution in [0.2, 0.25) is 0 Å². The van der Waals surface area contributed by atoms with Gasteiger partial charge in [-0.3, -0.25) is 0 Å². The molecule has 5 heteroatoms. The normalized spacial score (nSPS) is 9.42. The predicted molar refractivity (Wildman–Crippen MR) is 131 cm³/mol. The number of rotatable bonds is 18. The minimum Gasteiger partial charge on any atom is -0.490 e. The van der Waals surface area contributed by atoms with Crippen LogP contribution in [0.3, 0.4) is 0 Å². The fourth-order valence-corrected chi connectivity index (χ4v) is 2.79. The summed E-state index contributed by atoms with van der Waals surface area (Å²) in [4.78, 5) is 19.5. The minimum absolute atomic E-state index is 0.236. The lowest BCUT2D eigenvalue weighted by Crippen LogP contribution is -1.99. The maximum Gasteiger partial charge on any atom is 0.370 e. The number of hydrogen-bond acceptors (Lipinski definition) is 4. The highest BCUT2D eigenvalue weighted by Gasteiger charge is 1.98. The van der Waals surface area contributed by atoms with Gasteiger partial charge in [0.2, 0.25) is 0 Å². The lowest BCUT2D eigenvalue weighted by atomic mass is 10.0. The Balaban J connectivity index is -0.000000492. The number of hydrogen-bond donors (Lipinski definition) is 1.